The average Bonchev–Trinajstić information content (AvgIpc) is 2.45. The zero-order valence-corrected chi connectivity index (χ0v) is 18.1. The number of ether oxygens (including phenoxy) is 2. The zero-order valence-electron chi connectivity index (χ0n) is 18.1. The van der Waals surface area contributed by atoms with Gasteiger partial charge in [0.1, 0.15) is 0 Å². The molecule has 0 aromatic carbocycles. The summed E-state index contributed by atoms with van der Waals surface area (Å²) in [6.45, 7) is 16.6. The lowest BCUT2D eigenvalue weighted by Gasteiger charge is -2.43. The van der Waals surface area contributed by atoms with Gasteiger partial charge in [-0.25, -0.2) is 0 Å². The molecule has 0 aliphatic carbocycles. The SMILES string of the molecule is CC(=CCCC1(C)OCCC(C)(C)O1)CCCC(C)CCCC(C)C. The monoisotopic (exact) mass is 352 g/mol. The minimum Gasteiger partial charge on any atom is -0.350 e. The van der Waals surface area contributed by atoms with E-state index in [1.165, 1.54) is 44.1 Å². The Morgan fingerprint density at radius 2 is 1.72 bits per heavy atom. The number of allylic oxidation sites excluding steroid dienone is 2. The van der Waals surface area contributed by atoms with Gasteiger partial charge in [-0.2, -0.15) is 0 Å². The Hall–Kier alpha value is -0.340. The van der Waals surface area contributed by atoms with Gasteiger partial charge in [0.25, 0.3) is 0 Å². The van der Waals surface area contributed by atoms with Crippen molar-refractivity contribution in [1.29, 1.82) is 0 Å². The molecule has 0 aromatic rings. The summed E-state index contributed by atoms with van der Waals surface area (Å²) in [5.74, 6) is 1.31. The third kappa shape index (κ3) is 10.4. The van der Waals surface area contributed by atoms with Crippen LogP contribution in [0, 0.1) is 11.8 Å². The molecule has 2 heteroatoms. The zero-order chi connectivity index (χ0) is 18.9. The predicted octanol–water partition coefficient (Wildman–Crippen LogP) is 7.28. The lowest BCUT2D eigenvalue weighted by atomic mass is 9.94. The van der Waals surface area contributed by atoms with Crippen molar-refractivity contribution in [1.82, 2.24) is 0 Å². The highest BCUT2D eigenvalue weighted by Gasteiger charge is 2.37. The molecule has 2 unspecified atom stereocenters. The van der Waals surface area contributed by atoms with E-state index in [-0.39, 0.29) is 5.60 Å². The molecule has 0 bridgehead atoms. The molecule has 2 atom stereocenters. The van der Waals surface area contributed by atoms with Gasteiger partial charge in [0, 0.05) is 6.42 Å². The molecule has 0 aromatic heterocycles. The van der Waals surface area contributed by atoms with Crippen molar-refractivity contribution < 1.29 is 9.47 Å². The molecule has 1 fully saturated rings. The first kappa shape index (κ1) is 22.7. The molecule has 0 spiro atoms. The second-order valence-corrected chi connectivity index (χ2v) is 9.51. The van der Waals surface area contributed by atoms with E-state index in [0.29, 0.717) is 0 Å². The van der Waals surface area contributed by atoms with E-state index >= 15 is 0 Å². The van der Waals surface area contributed by atoms with Crippen LogP contribution in [0.3, 0.4) is 0 Å². The van der Waals surface area contributed by atoms with E-state index in [2.05, 4.69) is 54.5 Å². The van der Waals surface area contributed by atoms with E-state index in [4.69, 9.17) is 9.47 Å². The van der Waals surface area contributed by atoms with Crippen LogP contribution in [-0.4, -0.2) is 18.0 Å². The van der Waals surface area contributed by atoms with Crippen LogP contribution in [-0.2, 0) is 9.47 Å². The molecule has 1 saturated heterocycles. The normalized spacial score (nSPS) is 25.4. The van der Waals surface area contributed by atoms with Gasteiger partial charge in [0.15, 0.2) is 5.79 Å². The Labute approximate surface area is 157 Å². The largest absolute Gasteiger partial charge is 0.350 e. The summed E-state index contributed by atoms with van der Waals surface area (Å²) >= 11 is 0. The van der Waals surface area contributed by atoms with Gasteiger partial charge in [-0.05, 0) is 65.2 Å². The Kier molecular flexibility index (Phi) is 9.74. The first-order valence-electron chi connectivity index (χ1n) is 10.6. The maximum Gasteiger partial charge on any atom is 0.166 e. The van der Waals surface area contributed by atoms with Gasteiger partial charge in [-0.3, -0.25) is 0 Å². The third-order valence-electron chi connectivity index (χ3n) is 5.44. The molecule has 0 radical (unpaired) electrons. The molecule has 1 heterocycles. The van der Waals surface area contributed by atoms with Crippen molar-refractivity contribution in [3.05, 3.63) is 11.6 Å². The van der Waals surface area contributed by atoms with Crippen LogP contribution in [0.5, 0.6) is 0 Å². The topological polar surface area (TPSA) is 18.5 Å². The molecule has 1 aliphatic heterocycles. The molecular formula is C23H44O2. The highest BCUT2D eigenvalue weighted by molar-refractivity contribution is 4.98. The maximum absolute atomic E-state index is 6.16. The molecule has 2 nitrogen and oxygen atoms in total. The van der Waals surface area contributed by atoms with Crippen molar-refractivity contribution >= 4 is 0 Å². The van der Waals surface area contributed by atoms with Gasteiger partial charge in [0.05, 0.1) is 12.2 Å². The summed E-state index contributed by atoms with van der Waals surface area (Å²) < 4.78 is 12.1. The summed E-state index contributed by atoms with van der Waals surface area (Å²) in [7, 11) is 0. The lowest BCUT2D eigenvalue weighted by molar-refractivity contribution is -0.312. The Morgan fingerprint density at radius 1 is 1.04 bits per heavy atom. The standard InChI is InChI=1S/C23H44O2/c1-19(2)11-8-12-20(3)13-9-14-21(4)15-10-16-23(7)24-18-17-22(5,6)25-23/h15,19-20H,8-14,16-18H2,1-7H3. The van der Waals surface area contributed by atoms with Gasteiger partial charge >= 0.3 is 0 Å². The molecule has 0 amide bonds. The molecule has 0 saturated carbocycles. The highest BCUT2D eigenvalue weighted by atomic mass is 16.7. The van der Waals surface area contributed by atoms with Crippen LogP contribution in [0.1, 0.15) is 106 Å². The first-order valence-corrected chi connectivity index (χ1v) is 10.6. The maximum atomic E-state index is 6.16. The van der Waals surface area contributed by atoms with Crippen molar-refractivity contribution in [3.8, 4) is 0 Å². The minimum atomic E-state index is -0.413. The minimum absolute atomic E-state index is 0.0581. The van der Waals surface area contributed by atoms with Crippen molar-refractivity contribution in [2.75, 3.05) is 6.61 Å². The summed E-state index contributed by atoms with van der Waals surface area (Å²) in [5.41, 5.74) is 1.46. The van der Waals surface area contributed by atoms with Crippen LogP contribution < -0.4 is 0 Å². The van der Waals surface area contributed by atoms with E-state index in [1.807, 2.05) is 0 Å². The lowest BCUT2D eigenvalue weighted by Crippen LogP contribution is -2.47. The van der Waals surface area contributed by atoms with Gasteiger partial charge in [-0.15, -0.1) is 0 Å². The number of rotatable bonds is 11. The van der Waals surface area contributed by atoms with Gasteiger partial charge in [0.2, 0.25) is 0 Å². The fourth-order valence-corrected chi connectivity index (χ4v) is 3.73. The average molecular weight is 353 g/mol. The van der Waals surface area contributed by atoms with E-state index in [1.54, 1.807) is 0 Å². The third-order valence-corrected chi connectivity index (χ3v) is 5.44. The summed E-state index contributed by atoms with van der Waals surface area (Å²) in [4.78, 5) is 0. The van der Waals surface area contributed by atoms with E-state index in [9.17, 15) is 0 Å². The van der Waals surface area contributed by atoms with Gasteiger partial charge < -0.3 is 9.47 Å². The van der Waals surface area contributed by atoms with Crippen LogP contribution >= 0.6 is 0 Å². The number of hydrogen-bond acceptors (Lipinski definition) is 2. The molecule has 0 N–H and O–H groups in total. The van der Waals surface area contributed by atoms with Crippen molar-refractivity contribution in [2.24, 2.45) is 11.8 Å². The second kappa shape index (κ2) is 10.7. The van der Waals surface area contributed by atoms with E-state index < -0.39 is 5.79 Å². The summed E-state index contributed by atoms with van der Waals surface area (Å²) in [6, 6.07) is 0. The van der Waals surface area contributed by atoms with Crippen molar-refractivity contribution in [2.45, 2.75) is 118 Å². The van der Waals surface area contributed by atoms with Crippen LogP contribution in [0.15, 0.2) is 11.6 Å². The molecule has 148 valence electrons. The fraction of sp³-hybridized carbons (Fsp3) is 0.913. The highest BCUT2D eigenvalue weighted by Crippen LogP contribution is 2.33. The Balaban J connectivity index is 2.19. The van der Waals surface area contributed by atoms with Crippen LogP contribution in [0.25, 0.3) is 0 Å². The first-order chi connectivity index (χ1) is 11.6. The van der Waals surface area contributed by atoms with Crippen LogP contribution in [0.4, 0.5) is 0 Å². The second-order valence-electron chi connectivity index (χ2n) is 9.51. The molecular weight excluding hydrogens is 308 g/mol. The van der Waals surface area contributed by atoms with Crippen LogP contribution in [0.2, 0.25) is 0 Å². The number of hydrogen-bond donors (Lipinski definition) is 0. The molecule has 1 aliphatic rings. The smallest absolute Gasteiger partial charge is 0.166 e. The fourth-order valence-electron chi connectivity index (χ4n) is 3.73. The predicted molar refractivity (Wildman–Crippen MR) is 109 cm³/mol. The summed E-state index contributed by atoms with van der Waals surface area (Å²) in [6.07, 6.45) is 13.4. The molecule has 25 heavy (non-hydrogen) atoms. The quantitative estimate of drug-likeness (QED) is 0.364. The Morgan fingerprint density at radius 3 is 2.36 bits per heavy atom. The van der Waals surface area contributed by atoms with Gasteiger partial charge in [-0.1, -0.05) is 58.1 Å². The Bertz CT molecular complexity index is 397. The molecule has 1 rings (SSSR count). The van der Waals surface area contributed by atoms with E-state index in [0.717, 1.165) is 37.7 Å². The summed E-state index contributed by atoms with van der Waals surface area (Å²) in [5, 5.41) is 0. The van der Waals surface area contributed by atoms with Crippen molar-refractivity contribution in [3.63, 3.8) is 0 Å².